The molecule has 1 rings (SSSR count). The van der Waals surface area contributed by atoms with Crippen LogP contribution in [-0.4, -0.2) is 48.6 Å². The van der Waals surface area contributed by atoms with Gasteiger partial charge in [-0.1, -0.05) is 30.9 Å². The Labute approximate surface area is 183 Å². The number of hydrogen-bond acceptors (Lipinski definition) is 6. The molecular weight excluding hydrogens is 398 g/mol. The lowest BCUT2D eigenvalue weighted by Gasteiger charge is -2.21. The number of benzene rings is 1. The van der Waals surface area contributed by atoms with Crippen LogP contribution in [0.4, 0.5) is 0 Å². The minimum absolute atomic E-state index is 0.0148. The summed E-state index contributed by atoms with van der Waals surface area (Å²) < 4.78 is 10.7. The van der Waals surface area contributed by atoms with E-state index in [1.807, 2.05) is 45.0 Å². The highest BCUT2D eigenvalue weighted by Gasteiger charge is 2.21. The first-order chi connectivity index (χ1) is 14.5. The minimum Gasteiger partial charge on any atom is -0.488 e. The molecule has 2 atom stereocenters. The predicted molar refractivity (Wildman–Crippen MR) is 119 cm³/mol. The number of ether oxygens (including phenoxy) is 2. The molecule has 0 aliphatic rings. The Morgan fingerprint density at radius 2 is 1.84 bits per heavy atom. The topological polar surface area (TPSA) is 120 Å². The number of nitrogens with two attached hydrogens (primary N) is 1. The quantitative estimate of drug-likeness (QED) is 0.278. The zero-order valence-corrected chi connectivity index (χ0v) is 18.6. The third-order valence-corrected chi connectivity index (χ3v) is 3.80. The molecule has 1 aromatic carbocycles. The molecule has 0 aromatic heterocycles. The standard InChI is InChI=1S/C23H33N3O5/c1-6-13-30-22(29)20(26-16(2)27)15-25-21(28)12-9-18(24)14-17-7-10-19(11-8-17)31-23(3,4)5/h6-12,18,20H,1,13-15,24H2,2-5H3,(H,25,28)(H,26,27)/b12-9+/t18-,20+/m1/s1. The predicted octanol–water partition coefficient (Wildman–Crippen LogP) is 1.64. The maximum atomic E-state index is 12.1. The van der Waals surface area contributed by atoms with Crippen LogP contribution in [0.15, 0.2) is 49.1 Å². The van der Waals surface area contributed by atoms with E-state index in [2.05, 4.69) is 17.2 Å². The maximum Gasteiger partial charge on any atom is 0.330 e. The summed E-state index contributed by atoms with van der Waals surface area (Å²) in [5, 5.41) is 4.99. The monoisotopic (exact) mass is 431 g/mol. The normalized spacial score (nSPS) is 13.2. The molecule has 8 heteroatoms. The number of rotatable bonds is 11. The van der Waals surface area contributed by atoms with Gasteiger partial charge in [0.2, 0.25) is 11.8 Å². The zero-order valence-electron chi connectivity index (χ0n) is 18.6. The lowest BCUT2D eigenvalue weighted by atomic mass is 10.1. The van der Waals surface area contributed by atoms with Gasteiger partial charge in [0.15, 0.2) is 0 Å². The van der Waals surface area contributed by atoms with Gasteiger partial charge in [-0.3, -0.25) is 9.59 Å². The molecule has 0 saturated heterocycles. The van der Waals surface area contributed by atoms with Gasteiger partial charge in [0.1, 0.15) is 24.0 Å². The summed E-state index contributed by atoms with van der Waals surface area (Å²) in [5.41, 5.74) is 6.82. The largest absolute Gasteiger partial charge is 0.488 e. The number of amides is 2. The molecule has 0 heterocycles. The lowest BCUT2D eigenvalue weighted by molar-refractivity contribution is -0.146. The minimum atomic E-state index is -0.989. The van der Waals surface area contributed by atoms with E-state index in [0.29, 0.717) is 6.42 Å². The Kier molecular flexibility index (Phi) is 10.5. The van der Waals surface area contributed by atoms with Gasteiger partial charge in [0.05, 0.1) is 0 Å². The van der Waals surface area contributed by atoms with Crippen molar-refractivity contribution in [2.45, 2.75) is 51.8 Å². The first kappa shape index (κ1) is 25.9. The smallest absolute Gasteiger partial charge is 0.330 e. The first-order valence-corrected chi connectivity index (χ1v) is 10.0. The van der Waals surface area contributed by atoms with Crippen molar-refractivity contribution in [2.75, 3.05) is 13.2 Å². The van der Waals surface area contributed by atoms with Crippen LogP contribution in [0.5, 0.6) is 5.75 Å². The highest BCUT2D eigenvalue weighted by atomic mass is 16.5. The molecule has 0 radical (unpaired) electrons. The van der Waals surface area contributed by atoms with Crippen molar-refractivity contribution in [3.05, 3.63) is 54.6 Å². The summed E-state index contributed by atoms with van der Waals surface area (Å²) in [4.78, 5) is 35.3. The van der Waals surface area contributed by atoms with Crippen LogP contribution in [0.2, 0.25) is 0 Å². The van der Waals surface area contributed by atoms with Crippen molar-refractivity contribution in [1.29, 1.82) is 0 Å². The summed E-state index contributed by atoms with van der Waals surface area (Å²) in [7, 11) is 0. The summed E-state index contributed by atoms with van der Waals surface area (Å²) in [6, 6.07) is 6.28. The van der Waals surface area contributed by atoms with Crippen LogP contribution < -0.4 is 21.1 Å². The van der Waals surface area contributed by atoms with Gasteiger partial charge in [-0.05, 0) is 44.9 Å². The second kappa shape index (κ2) is 12.5. The van der Waals surface area contributed by atoms with Crippen LogP contribution >= 0.6 is 0 Å². The third kappa shape index (κ3) is 11.6. The fourth-order valence-corrected chi connectivity index (χ4v) is 2.54. The molecule has 0 aliphatic carbocycles. The molecule has 0 saturated carbocycles. The van der Waals surface area contributed by atoms with E-state index in [-0.39, 0.29) is 24.8 Å². The molecule has 8 nitrogen and oxygen atoms in total. The summed E-state index contributed by atoms with van der Waals surface area (Å²) in [6.07, 6.45) is 4.85. The highest BCUT2D eigenvalue weighted by Crippen LogP contribution is 2.19. The number of nitrogens with one attached hydrogen (secondary N) is 2. The van der Waals surface area contributed by atoms with E-state index in [0.717, 1.165) is 11.3 Å². The van der Waals surface area contributed by atoms with Gasteiger partial charge in [0, 0.05) is 25.6 Å². The first-order valence-electron chi connectivity index (χ1n) is 10.0. The van der Waals surface area contributed by atoms with E-state index < -0.39 is 23.8 Å². The second-order valence-corrected chi connectivity index (χ2v) is 8.00. The van der Waals surface area contributed by atoms with E-state index in [1.54, 1.807) is 6.08 Å². The molecule has 0 unspecified atom stereocenters. The Morgan fingerprint density at radius 3 is 2.39 bits per heavy atom. The van der Waals surface area contributed by atoms with E-state index in [1.165, 1.54) is 19.1 Å². The maximum absolute atomic E-state index is 12.1. The molecule has 31 heavy (non-hydrogen) atoms. The van der Waals surface area contributed by atoms with Gasteiger partial charge in [-0.25, -0.2) is 4.79 Å². The number of carbonyl (C=O) groups is 3. The van der Waals surface area contributed by atoms with Gasteiger partial charge in [-0.2, -0.15) is 0 Å². The van der Waals surface area contributed by atoms with Crippen molar-refractivity contribution in [3.63, 3.8) is 0 Å². The van der Waals surface area contributed by atoms with Crippen molar-refractivity contribution >= 4 is 17.8 Å². The van der Waals surface area contributed by atoms with E-state index >= 15 is 0 Å². The van der Waals surface area contributed by atoms with Crippen LogP contribution in [0.3, 0.4) is 0 Å². The summed E-state index contributed by atoms with van der Waals surface area (Å²) >= 11 is 0. The molecule has 1 aromatic rings. The van der Waals surface area contributed by atoms with Crippen molar-refractivity contribution < 1.29 is 23.9 Å². The molecular formula is C23H33N3O5. The SMILES string of the molecule is C=CCOC(=O)[C@H](CNC(=O)/C=C/[C@@H](N)Cc1ccc(OC(C)(C)C)cc1)NC(C)=O. The van der Waals surface area contributed by atoms with Crippen LogP contribution in [-0.2, 0) is 25.5 Å². The van der Waals surface area contributed by atoms with Gasteiger partial charge < -0.3 is 25.8 Å². The third-order valence-electron chi connectivity index (χ3n) is 3.80. The molecule has 170 valence electrons. The van der Waals surface area contributed by atoms with Crippen LogP contribution in [0.25, 0.3) is 0 Å². The Balaban J connectivity index is 2.54. The molecule has 0 spiro atoms. The highest BCUT2D eigenvalue weighted by molar-refractivity contribution is 5.89. The molecule has 4 N–H and O–H groups in total. The van der Waals surface area contributed by atoms with Crippen molar-refractivity contribution in [1.82, 2.24) is 10.6 Å². The van der Waals surface area contributed by atoms with Crippen molar-refractivity contribution in [2.24, 2.45) is 5.73 Å². The van der Waals surface area contributed by atoms with Crippen LogP contribution in [0.1, 0.15) is 33.3 Å². The van der Waals surface area contributed by atoms with Crippen LogP contribution in [0, 0.1) is 0 Å². The van der Waals surface area contributed by atoms with E-state index in [4.69, 9.17) is 15.2 Å². The summed E-state index contributed by atoms with van der Waals surface area (Å²) in [6.45, 7) is 10.6. The van der Waals surface area contributed by atoms with Gasteiger partial charge in [0.25, 0.3) is 0 Å². The average Bonchev–Trinajstić information content (AvgIpc) is 2.67. The molecule has 2 amide bonds. The van der Waals surface area contributed by atoms with Gasteiger partial charge in [-0.15, -0.1) is 0 Å². The number of hydrogen-bond donors (Lipinski definition) is 3. The lowest BCUT2D eigenvalue weighted by Crippen LogP contribution is -2.48. The Hall–Kier alpha value is -3.13. The summed E-state index contributed by atoms with van der Waals surface area (Å²) in [5.74, 6) is -0.724. The Morgan fingerprint density at radius 1 is 1.19 bits per heavy atom. The number of carbonyl (C=O) groups excluding carboxylic acids is 3. The van der Waals surface area contributed by atoms with E-state index in [9.17, 15) is 14.4 Å². The fraction of sp³-hybridized carbons (Fsp3) is 0.435. The molecule has 0 fully saturated rings. The molecule has 0 aliphatic heterocycles. The van der Waals surface area contributed by atoms with Crippen molar-refractivity contribution in [3.8, 4) is 5.75 Å². The fourth-order valence-electron chi connectivity index (χ4n) is 2.54. The average molecular weight is 432 g/mol. The number of esters is 1. The Bertz CT molecular complexity index is 781. The zero-order chi connectivity index (χ0) is 23.4. The molecule has 0 bridgehead atoms. The van der Waals surface area contributed by atoms with Gasteiger partial charge >= 0.3 is 5.97 Å². The second-order valence-electron chi connectivity index (χ2n) is 8.00.